The van der Waals surface area contributed by atoms with Gasteiger partial charge in [-0.25, -0.2) is 4.90 Å². The number of methoxy groups -OCH3 is 1. The number of benzene rings is 2. The highest BCUT2D eigenvalue weighted by molar-refractivity contribution is 6.21. The van der Waals surface area contributed by atoms with Crippen molar-refractivity contribution in [3.63, 3.8) is 0 Å². The van der Waals surface area contributed by atoms with Crippen LogP contribution in [-0.2, 0) is 9.59 Å². The second-order valence-electron chi connectivity index (χ2n) is 7.48. The number of piperazine rings is 1. The Labute approximate surface area is 165 Å². The largest absolute Gasteiger partial charge is 0.495 e. The molecule has 6 nitrogen and oxygen atoms in total. The Balaban J connectivity index is 1.45. The van der Waals surface area contributed by atoms with Gasteiger partial charge in [-0.05, 0) is 36.8 Å². The molecule has 2 amide bonds. The molecule has 2 aromatic rings. The van der Waals surface area contributed by atoms with Gasteiger partial charge in [-0.15, -0.1) is 0 Å². The van der Waals surface area contributed by atoms with Crippen LogP contribution in [0.4, 0.5) is 11.4 Å². The number of nitrogens with zero attached hydrogens (tertiary/aromatic N) is 2. The summed E-state index contributed by atoms with van der Waals surface area (Å²) in [4.78, 5) is 30.5. The van der Waals surface area contributed by atoms with Gasteiger partial charge in [0.05, 0.1) is 51.1 Å². The van der Waals surface area contributed by atoms with Crippen LogP contribution in [0.25, 0.3) is 0 Å². The minimum Gasteiger partial charge on any atom is -0.495 e. The number of hydrogen-bond donors (Lipinski definition) is 1. The van der Waals surface area contributed by atoms with Crippen LogP contribution in [0.2, 0.25) is 0 Å². The van der Waals surface area contributed by atoms with E-state index in [1.54, 1.807) is 7.11 Å². The summed E-state index contributed by atoms with van der Waals surface area (Å²) < 4.78 is 5.48. The van der Waals surface area contributed by atoms with Crippen LogP contribution in [0, 0.1) is 6.92 Å². The molecule has 0 aromatic heterocycles. The van der Waals surface area contributed by atoms with Gasteiger partial charge >= 0.3 is 0 Å². The number of amides is 2. The predicted octanol–water partition coefficient (Wildman–Crippen LogP) is 1.04. The molecule has 2 saturated heterocycles. The van der Waals surface area contributed by atoms with Gasteiger partial charge < -0.3 is 14.5 Å². The molecule has 0 unspecified atom stereocenters. The maximum atomic E-state index is 13.0. The first-order valence-corrected chi connectivity index (χ1v) is 9.74. The van der Waals surface area contributed by atoms with E-state index in [2.05, 4.69) is 11.0 Å². The Morgan fingerprint density at radius 2 is 1.79 bits per heavy atom. The van der Waals surface area contributed by atoms with Crippen LogP contribution in [0.3, 0.4) is 0 Å². The van der Waals surface area contributed by atoms with E-state index in [1.165, 1.54) is 9.80 Å². The molecule has 146 valence electrons. The molecule has 0 radical (unpaired) electrons. The first-order valence-electron chi connectivity index (χ1n) is 9.74. The van der Waals surface area contributed by atoms with Crippen LogP contribution < -0.4 is 19.4 Å². The van der Waals surface area contributed by atoms with E-state index < -0.39 is 0 Å². The summed E-state index contributed by atoms with van der Waals surface area (Å²) in [5, 5.41) is 0. The zero-order valence-corrected chi connectivity index (χ0v) is 16.4. The highest BCUT2D eigenvalue weighted by Crippen LogP contribution is 2.28. The summed E-state index contributed by atoms with van der Waals surface area (Å²) >= 11 is 0. The fourth-order valence-corrected chi connectivity index (χ4v) is 4.26. The third kappa shape index (κ3) is 3.36. The Morgan fingerprint density at radius 3 is 2.50 bits per heavy atom. The normalized spacial score (nSPS) is 20.7. The molecule has 2 heterocycles. The molecule has 0 saturated carbocycles. The van der Waals surface area contributed by atoms with Crippen molar-refractivity contribution in [3.8, 4) is 5.75 Å². The van der Waals surface area contributed by atoms with Crippen molar-refractivity contribution in [2.24, 2.45) is 0 Å². The molecule has 2 aliphatic heterocycles. The van der Waals surface area contributed by atoms with E-state index in [-0.39, 0.29) is 24.3 Å². The number of ether oxygens (including phenoxy) is 1. The molecule has 0 aliphatic carbocycles. The van der Waals surface area contributed by atoms with Gasteiger partial charge in [0.2, 0.25) is 5.91 Å². The van der Waals surface area contributed by atoms with E-state index in [0.717, 1.165) is 43.2 Å². The van der Waals surface area contributed by atoms with Crippen molar-refractivity contribution in [2.45, 2.75) is 19.4 Å². The quantitative estimate of drug-likeness (QED) is 0.806. The lowest BCUT2D eigenvalue weighted by Gasteiger charge is -2.36. The molecule has 28 heavy (non-hydrogen) atoms. The molecule has 2 aromatic carbocycles. The van der Waals surface area contributed by atoms with Crippen molar-refractivity contribution in [3.05, 3.63) is 54.1 Å². The van der Waals surface area contributed by atoms with E-state index in [1.807, 2.05) is 49.4 Å². The van der Waals surface area contributed by atoms with Crippen LogP contribution in [0.15, 0.2) is 48.5 Å². The van der Waals surface area contributed by atoms with Crippen molar-refractivity contribution < 1.29 is 19.2 Å². The summed E-state index contributed by atoms with van der Waals surface area (Å²) in [6.45, 7) is 5.28. The van der Waals surface area contributed by atoms with Crippen LogP contribution in [0.1, 0.15) is 12.0 Å². The van der Waals surface area contributed by atoms with Gasteiger partial charge in [0.1, 0.15) is 5.75 Å². The predicted molar refractivity (Wildman–Crippen MR) is 108 cm³/mol. The minimum atomic E-state index is -0.284. The number of carbonyl (C=O) groups excluding carboxylic acids is 2. The van der Waals surface area contributed by atoms with E-state index in [9.17, 15) is 9.59 Å². The Bertz CT molecular complexity index is 890. The number of rotatable bonds is 4. The first-order chi connectivity index (χ1) is 13.6. The lowest BCUT2D eigenvalue weighted by atomic mass is 10.1. The number of imide groups is 1. The maximum Gasteiger partial charge on any atom is 0.292 e. The van der Waals surface area contributed by atoms with Crippen molar-refractivity contribution in [1.29, 1.82) is 0 Å². The molecule has 1 N–H and O–H groups in total. The molecule has 2 aliphatic rings. The zero-order valence-electron chi connectivity index (χ0n) is 16.4. The highest BCUT2D eigenvalue weighted by atomic mass is 16.5. The number of quaternary nitrogens is 1. The van der Waals surface area contributed by atoms with Gasteiger partial charge in [-0.3, -0.25) is 9.59 Å². The lowest BCUT2D eigenvalue weighted by molar-refractivity contribution is -0.915. The first kappa shape index (κ1) is 18.5. The lowest BCUT2D eigenvalue weighted by Crippen LogP contribution is -3.19. The molecular weight excluding hydrogens is 354 g/mol. The average Bonchev–Trinajstić information content (AvgIpc) is 3.02. The number of anilines is 2. The van der Waals surface area contributed by atoms with E-state index >= 15 is 0 Å². The van der Waals surface area contributed by atoms with E-state index in [4.69, 9.17) is 4.74 Å². The van der Waals surface area contributed by atoms with Gasteiger partial charge in [0.25, 0.3) is 5.91 Å². The molecule has 2 fully saturated rings. The maximum absolute atomic E-state index is 13.0. The summed E-state index contributed by atoms with van der Waals surface area (Å²) in [5.74, 6) is 0.695. The standard InChI is InChI=1S/C22H25N3O3/c1-16-6-5-7-17(14-16)25-21(26)15-19(22(25)27)24-12-10-23(11-13-24)18-8-3-4-9-20(18)28-2/h3-9,14,19H,10-13,15H2,1-2H3/p+1/t19-/m0/s1. The molecule has 4 rings (SSSR count). The highest BCUT2D eigenvalue weighted by Gasteiger charge is 2.46. The number of aryl methyl sites for hydroxylation is 1. The SMILES string of the molecule is COc1ccccc1N1CC[NH+]([C@H]2CC(=O)N(c3cccc(C)c3)C2=O)CC1. The molecular formula is C22H26N3O3+. The fourth-order valence-electron chi connectivity index (χ4n) is 4.26. The molecule has 0 bridgehead atoms. The smallest absolute Gasteiger partial charge is 0.292 e. The number of hydrogen-bond acceptors (Lipinski definition) is 4. The topological polar surface area (TPSA) is 54.3 Å². The zero-order chi connectivity index (χ0) is 19.7. The number of para-hydroxylation sites is 2. The summed E-state index contributed by atoms with van der Waals surface area (Å²) in [5.41, 5.74) is 2.81. The number of carbonyl (C=O) groups is 2. The second-order valence-corrected chi connectivity index (χ2v) is 7.48. The Morgan fingerprint density at radius 1 is 1.04 bits per heavy atom. The molecule has 0 spiro atoms. The van der Waals surface area contributed by atoms with Crippen LogP contribution in [-0.4, -0.2) is 51.1 Å². The van der Waals surface area contributed by atoms with Gasteiger partial charge in [0, 0.05) is 0 Å². The van der Waals surface area contributed by atoms with Gasteiger partial charge in [-0.1, -0.05) is 24.3 Å². The van der Waals surface area contributed by atoms with Crippen LogP contribution >= 0.6 is 0 Å². The van der Waals surface area contributed by atoms with Gasteiger partial charge in [0.15, 0.2) is 6.04 Å². The fraction of sp³-hybridized carbons (Fsp3) is 0.364. The van der Waals surface area contributed by atoms with Gasteiger partial charge in [-0.2, -0.15) is 0 Å². The minimum absolute atomic E-state index is 0.0728. The van der Waals surface area contributed by atoms with Crippen molar-refractivity contribution in [1.82, 2.24) is 0 Å². The second kappa shape index (κ2) is 7.64. The van der Waals surface area contributed by atoms with Crippen LogP contribution in [0.5, 0.6) is 5.75 Å². The van der Waals surface area contributed by atoms with Crippen molar-refractivity contribution >= 4 is 23.2 Å². The molecule has 1 atom stereocenters. The average molecular weight is 380 g/mol. The van der Waals surface area contributed by atoms with E-state index in [0.29, 0.717) is 5.69 Å². The number of nitrogens with one attached hydrogen (secondary N) is 1. The summed E-state index contributed by atoms with van der Waals surface area (Å²) in [7, 11) is 1.68. The summed E-state index contributed by atoms with van der Waals surface area (Å²) in [6, 6.07) is 15.3. The Hall–Kier alpha value is -2.86. The third-order valence-electron chi connectivity index (χ3n) is 5.73. The third-order valence-corrected chi connectivity index (χ3v) is 5.73. The molecule has 6 heteroatoms. The van der Waals surface area contributed by atoms with Crippen molar-refractivity contribution in [2.75, 3.05) is 43.1 Å². The summed E-state index contributed by atoms with van der Waals surface area (Å²) in [6.07, 6.45) is 0.288. The monoisotopic (exact) mass is 380 g/mol. The Kier molecular flexibility index (Phi) is 5.05.